The van der Waals surface area contributed by atoms with Gasteiger partial charge in [-0.15, -0.1) is 0 Å². The highest BCUT2D eigenvalue weighted by Gasteiger charge is 2.27. The van der Waals surface area contributed by atoms with E-state index in [0.717, 1.165) is 12.1 Å². The Balaban J connectivity index is 2.71. The number of hydrogen-bond acceptors (Lipinski definition) is 1. The lowest BCUT2D eigenvalue weighted by molar-refractivity contribution is -0.135. The zero-order valence-corrected chi connectivity index (χ0v) is 10.5. The van der Waals surface area contributed by atoms with Crippen molar-refractivity contribution in [3.8, 4) is 0 Å². The smallest absolute Gasteiger partial charge is 0.294 e. The average Bonchev–Trinajstić information content (AvgIpc) is 2.24. The molecule has 0 spiro atoms. The summed E-state index contributed by atoms with van der Waals surface area (Å²) in [5.74, 6) is -3.02. The summed E-state index contributed by atoms with van der Waals surface area (Å²) in [6.45, 7) is 0. The summed E-state index contributed by atoms with van der Waals surface area (Å²) < 4.78 is 61.1. The lowest BCUT2D eigenvalue weighted by atomic mass is 10.1. The number of ketones is 1. The first-order valence-electron chi connectivity index (χ1n) is 4.96. The second-order valence-electron chi connectivity index (χ2n) is 3.61. The van der Waals surface area contributed by atoms with E-state index in [1.54, 1.807) is 0 Å². The molecule has 1 rings (SSSR count). The number of carbonyl (C=O) groups is 1. The first-order valence-corrected chi connectivity index (χ1v) is 5.75. The van der Waals surface area contributed by atoms with Gasteiger partial charge in [0.25, 0.3) is 0 Å². The molecule has 0 radical (unpaired) electrons. The molecule has 100 valence electrons. The van der Waals surface area contributed by atoms with Gasteiger partial charge in [0.15, 0.2) is 17.4 Å². The zero-order chi connectivity index (χ0) is 13.9. The van der Waals surface area contributed by atoms with E-state index in [2.05, 4.69) is 15.9 Å². The standard InChI is InChI=1S/C11H8BrF5O/c12-9-6(3-4-7(13)10(9)14)8(18)2-1-5-11(15,16)17/h3-4H,1-2,5H2. The number of benzene rings is 1. The van der Waals surface area contributed by atoms with Gasteiger partial charge in [0.05, 0.1) is 4.47 Å². The lowest BCUT2D eigenvalue weighted by Crippen LogP contribution is -2.09. The minimum absolute atomic E-state index is 0.156. The maximum absolute atomic E-state index is 13.1. The number of Topliss-reactive ketones (excluding diaryl/α,β-unsaturated/α-hetero) is 1. The molecule has 18 heavy (non-hydrogen) atoms. The maximum Gasteiger partial charge on any atom is 0.389 e. The van der Waals surface area contributed by atoms with Crippen LogP contribution in [-0.2, 0) is 0 Å². The van der Waals surface area contributed by atoms with Crippen LogP contribution in [0.25, 0.3) is 0 Å². The van der Waals surface area contributed by atoms with E-state index in [4.69, 9.17) is 0 Å². The lowest BCUT2D eigenvalue weighted by Gasteiger charge is -2.07. The van der Waals surface area contributed by atoms with Crippen LogP contribution in [-0.4, -0.2) is 12.0 Å². The molecule has 0 aliphatic rings. The second-order valence-corrected chi connectivity index (χ2v) is 4.41. The highest BCUT2D eigenvalue weighted by molar-refractivity contribution is 9.10. The summed E-state index contributed by atoms with van der Waals surface area (Å²) in [4.78, 5) is 11.5. The van der Waals surface area contributed by atoms with Gasteiger partial charge in [0.1, 0.15) is 0 Å². The Labute approximate surface area is 108 Å². The van der Waals surface area contributed by atoms with Gasteiger partial charge in [0.2, 0.25) is 0 Å². The van der Waals surface area contributed by atoms with E-state index < -0.39 is 30.0 Å². The largest absolute Gasteiger partial charge is 0.389 e. The molecule has 0 bridgehead atoms. The number of alkyl halides is 3. The summed E-state index contributed by atoms with van der Waals surface area (Å²) in [6, 6.07) is 1.80. The first kappa shape index (κ1) is 15.1. The van der Waals surface area contributed by atoms with E-state index in [1.165, 1.54) is 0 Å². The van der Waals surface area contributed by atoms with Crippen LogP contribution < -0.4 is 0 Å². The van der Waals surface area contributed by atoms with E-state index >= 15 is 0 Å². The van der Waals surface area contributed by atoms with Gasteiger partial charge in [-0.05, 0) is 34.5 Å². The number of halogens is 6. The Bertz CT molecular complexity index is 455. The van der Waals surface area contributed by atoms with Crippen LogP contribution in [0.15, 0.2) is 16.6 Å². The van der Waals surface area contributed by atoms with Gasteiger partial charge in [-0.3, -0.25) is 4.79 Å². The predicted octanol–water partition coefficient (Wildman–Crippen LogP) is 4.64. The molecule has 0 aliphatic carbocycles. The highest BCUT2D eigenvalue weighted by atomic mass is 79.9. The third kappa shape index (κ3) is 4.04. The fraction of sp³-hybridized carbons (Fsp3) is 0.364. The Morgan fingerprint density at radius 3 is 2.39 bits per heavy atom. The molecule has 1 aromatic carbocycles. The fourth-order valence-corrected chi connectivity index (χ4v) is 1.87. The van der Waals surface area contributed by atoms with Crippen LogP contribution in [0.3, 0.4) is 0 Å². The summed E-state index contributed by atoms with van der Waals surface area (Å²) in [6.07, 6.45) is -6.16. The molecule has 0 fully saturated rings. The van der Waals surface area contributed by atoms with Gasteiger partial charge in [0, 0.05) is 18.4 Å². The van der Waals surface area contributed by atoms with Crippen LogP contribution in [0.1, 0.15) is 29.6 Å². The van der Waals surface area contributed by atoms with Crippen molar-refractivity contribution in [3.63, 3.8) is 0 Å². The van der Waals surface area contributed by atoms with Crippen molar-refractivity contribution in [1.82, 2.24) is 0 Å². The monoisotopic (exact) mass is 330 g/mol. The summed E-state index contributed by atoms with van der Waals surface area (Å²) in [7, 11) is 0. The molecule has 1 nitrogen and oxygen atoms in total. The van der Waals surface area contributed by atoms with Crippen LogP contribution in [0.5, 0.6) is 0 Å². The van der Waals surface area contributed by atoms with Crippen LogP contribution in [0.2, 0.25) is 0 Å². The van der Waals surface area contributed by atoms with Crippen molar-refractivity contribution in [3.05, 3.63) is 33.8 Å². The van der Waals surface area contributed by atoms with E-state index in [9.17, 15) is 26.7 Å². The van der Waals surface area contributed by atoms with Crippen molar-refractivity contribution in [2.45, 2.75) is 25.4 Å². The molecule has 0 aliphatic heterocycles. The number of carbonyl (C=O) groups excluding carboxylic acids is 1. The van der Waals surface area contributed by atoms with Crippen molar-refractivity contribution < 1.29 is 26.7 Å². The van der Waals surface area contributed by atoms with Crippen molar-refractivity contribution >= 4 is 21.7 Å². The Morgan fingerprint density at radius 2 is 1.83 bits per heavy atom. The average molecular weight is 331 g/mol. The molecular weight excluding hydrogens is 323 g/mol. The van der Waals surface area contributed by atoms with E-state index in [0.29, 0.717) is 0 Å². The molecule has 0 N–H and O–H groups in total. The van der Waals surface area contributed by atoms with Crippen molar-refractivity contribution in [2.24, 2.45) is 0 Å². The Hall–Kier alpha value is -0.980. The van der Waals surface area contributed by atoms with Crippen LogP contribution in [0.4, 0.5) is 22.0 Å². The minimum Gasteiger partial charge on any atom is -0.294 e. The maximum atomic E-state index is 13.1. The molecule has 0 atom stereocenters. The first-order chi connectivity index (χ1) is 8.22. The van der Waals surface area contributed by atoms with Gasteiger partial charge < -0.3 is 0 Å². The SMILES string of the molecule is O=C(CCCC(F)(F)F)c1ccc(F)c(F)c1Br. The quantitative estimate of drug-likeness (QED) is 0.446. The second kappa shape index (κ2) is 5.77. The summed E-state index contributed by atoms with van der Waals surface area (Å²) in [5, 5.41) is 0. The summed E-state index contributed by atoms with van der Waals surface area (Å²) >= 11 is 2.70. The number of rotatable bonds is 4. The number of hydrogen-bond donors (Lipinski definition) is 0. The summed E-state index contributed by atoms with van der Waals surface area (Å²) in [5.41, 5.74) is -0.156. The third-order valence-corrected chi connectivity index (χ3v) is 2.97. The van der Waals surface area contributed by atoms with Crippen molar-refractivity contribution in [1.29, 1.82) is 0 Å². The minimum atomic E-state index is -4.33. The normalized spacial score (nSPS) is 11.7. The van der Waals surface area contributed by atoms with Gasteiger partial charge in [-0.1, -0.05) is 0 Å². The topological polar surface area (TPSA) is 17.1 Å². The molecular formula is C11H8BrF5O. The molecule has 7 heteroatoms. The predicted molar refractivity (Wildman–Crippen MR) is 58.3 cm³/mol. The third-order valence-electron chi connectivity index (χ3n) is 2.20. The molecule has 0 saturated carbocycles. The van der Waals surface area contributed by atoms with Gasteiger partial charge in [-0.2, -0.15) is 13.2 Å². The van der Waals surface area contributed by atoms with Crippen LogP contribution >= 0.6 is 15.9 Å². The molecule has 0 amide bonds. The fourth-order valence-electron chi connectivity index (χ4n) is 1.33. The molecule has 0 unspecified atom stereocenters. The molecule has 0 heterocycles. The van der Waals surface area contributed by atoms with Crippen LogP contribution in [0, 0.1) is 11.6 Å². The molecule has 0 saturated heterocycles. The zero-order valence-electron chi connectivity index (χ0n) is 8.95. The highest BCUT2D eigenvalue weighted by Crippen LogP contribution is 2.26. The molecule has 0 aromatic heterocycles. The molecule has 1 aromatic rings. The van der Waals surface area contributed by atoms with Crippen molar-refractivity contribution in [2.75, 3.05) is 0 Å². The van der Waals surface area contributed by atoms with E-state index in [-0.39, 0.29) is 22.9 Å². The van der Waals surface area contributed by atoms with Gasteiger partial charge in [-0.25, -0.2) is 8.78 Å². The Kier molecular flexibility index (Phi) is 4.84. The Morgan fingerprint density at radius 1 is 1.22 bits per heavy atom. The van der Waals surface area contributed by atoms with E-state index in [1.807, 2.05) is 0 Å². The van der Waals surface area contributed by atoms with Gasteiger partial charge >= 0.3 is 6.18 Å².